The minimum absolute atomic E-state index is 0.245. The van der Waals surface area contributed by atoms with E-state index in [0.717, 1.165) is 0 Å². The van der Waals surface area contributed by atoms with E-state index in [4.69, 9.17) is 29.6 Å². The van der Waals surface area contributed by atoms with Crippen molar-refractivity contribution in [2.45, 2.75) is 0 Å². The summed E-state index contributed by atoms with van der Waals surface area (Å²) in [6.45, 7) is 0. The average molecular weight is 282 g/mol. The Morgan fingerprint density at radius 3 is 2.83 bits per heavy atom. The molecule has 2 rings (SSSR count). The van der Waals surface area contributed by atoms with Crippen LogP contribution >= 0.6 is 23.8 Å². The molecule has 1 aromatic carbocycles. The number of halogens is 2. The minimum atomic E-state index is -0.415. The van der Waals surface area contributed by atoms with Crippen LogP contribution in [-0.2, 0) is 0 Å². The summed E-state index contributed by atoms with van der Waals surface area (Å²) in [5.41, 5.74) is 6.41. The van der Waals surface area contributed by atoms with Crippen molar-refractivity contribution in [3.05, 3.63) is 52.9 Å². The Hall–Kier alpha value is -1.72. The number of nitrogens with two attached hydrogens (primary N) is 1. The molecule has 0 bridgehead atoms. The van der Waals surface area contributed by atoms with Gasteiger partial charge in [0.05, 0.1) is 5.69 Å². The Morgan fingerprint density at radius 2 is 2.11 bits per heavy atom. The van der Waals surface area contributed by atoms with Crippen LogP contribution in [0.25, 0.3) is 0 Å². The van der Waals surface area contributed by atoms with Crippen LogP contribution in [0, 0.1) is 5.82 Å². The number of pyridine rings is 1. The highest BCUT2D eigenvalue weighted by molar-refractivity contribution is 7.80. The number of rotatable bonds is 3. The molecule has 1 aromatic heterocycles. The van der Waals surface area contributed by atoms with Crippen LogP contribution in [0.5, 0.6) is 0 Å². The van der Waals surface area contributed by atoms with Gasteiger partial charge in [0, 0.05) is 16.8 Å². The van der Waals surface area contributed by atoms with Gasteiger partial charge in [0.15, 0.2) is 0 Å². The Balaban J connectivity index is 2.31. The molecular formula is C12H9ClFN3S. The second-order valence-corrected chi connectivity index (χ2v) is 4.42. The second-order valence-electron chi connectivity index (χ2n) is 3.54. The van der Waals surface area contributed by atoms with Crippen molar-refractivity contribution in [3.63, 3.8) is 0 Å². The minimum Gasteiger partial charge on any atom is -0.389 e. The molecule has 0 atom stereocenters. The number of hydrogen-bond acceptors (Lipinski definition) is 3. The van der Waals surface area contributed by atoms with Gasteiger partial charge in [0.25, 0.3) is 0 Å². The first-order valence-electron chi connectivity index (χ1n) is 5.04. The molecule has 0 unspecified atom stereocenters. The van der Waals surface area contributed by atoms with Gasteiger partial charge in [-0.05, 0) is 30.3 Å². The number of aromatic nitrogens is 1. The number of nitrogens with one attached hydrogen (secondary N) is 1. The Kier molecular flexibility index (Phi) is 3.74. The summed E-state index contributed by atoms with van der Waals surface area (Å²) in [4.78, 5) is 4.31. The molecule has 6 heteroatoms. The van der Waals surface area contributed by atoms with E-state index in [1.165, 1.54) is 18.2 Å². The summed E-state index contributed by atoms with van der Waals surface area (Å²) in [5.74, 6) is 0.0309. The highest BCUT2D eigenvalue weighted by Crippen LogP contribution is 2.22. The predicted octanol–water partition coefficient (Wildman–Crippen LogP) is 3.25. The van der Waals surface area contributed by atoms with Gasteiger partial charge in [-0.2, -0.15) is 0 Å². The zero-order valence-electron chi connectivity index (χ0n) is 9.15. The normalized spacial score (nSPS) is 10.1. The summed E-state index contributed by atoms with van der Waals surface area (Å²) in [6, 6.07) is 7.56. The Morgan fingerprint density at radius 1 is 1.33 bits per heavy atom. The van der Waals surface area contributed by atoms with E-state index in [2.05, 4.69) is 10.3 Å². The molecular weight excluding hydrogens is 273 g/mol. The van der Waals surface area contributed by atoms with Crippen LogP contribution in [0.4, 0.5) is 15.9 Å². The van der Waals surface area contributed by atoms with E-state index in [0.29, 0.717) is 16.4 Å². The van der Waals surface area contributed by atoms with Gasteiger partial charge in [-0.25, -0.2) is 9.37 Å². The molecule has 0 aliphatic carbocycles. The molecule has 3 nitrogen and oxygen atoms in total. The third-order valence-corrected chi connectivity index (χ3v) is 2.71. The van der Waals surface area contributed by atoms with Crippen molar-refractivity contribution in [2.75, 3.05) is 5.32 Å². The standard InChI is InChI=1S/C12H9ClFN3S/c13-8-1-2-9(14)10(6-8)17-11-5-7(12(15)18)3-4-16-11/h1-6H,(H2,15,18)(H,16,17). The van der Waals surface area contributed by atoms with Crippen LogP contribution in [-0.4, -0.2) is 9.97 Å². The molecule has 0 radical (unpaired) electrons. The molecule has 0 fully saturated rings. The van der Waals surface area contributed by atoms with Crippen LogP contribution in [0.15, 0.2) is 36.5 Å². The molecule has 0 aliphatic heterocycles. The third kappa shape index (κ3) is 2.94. The third-order valence-electron chi connectivity index (χ3n) is 2.24. The van der Waals surface area contributed by atoms with Gasteiger partial charge >= 0.3 is 0 Å². The Labute approximate surface area is 114 Å². The maximum absolute atomic E-state index is 13.5. The van der Waals surface area contributed by atoms with Crippen molar-refractivity contribution in [3.8, 4) is 0 Å². The number of benzene rings is 1. The van der Waals surface area contributed by atoms with Crippen molar-refractivity contribution in [2.24, 2.45) is 5.73 Å². The number of anilines is 2. The summed E-state index contributed by atoms with van der Waals surface area (Å²) in [5, 5.41) is 3.26. The number of nitrogens with zero attached hydrogens (tertiary/aromatic N) is 1. The van der Waals surface area contributed by atoms with Crippen LogP contribution < -0.4 is 11.1 Å². The lowest BCUT2D eigenvalue weighted by atomic mass is 10.2. The summed E-state index contributed by atoms with van der Waals surface area (Å²) in [7, 11) is 0. The second kappa shape index (κ2) is 5.29. The van der Waals surface area contributed by atoms with Crippen molar-refractivity contribution < 1.29 is 4.39 Å². The molecule has 0 saturated carbocycles. The average Bonchev–Trinajstić information content (AvgIpc) is 2.34. The molecule has 0 saturated heterocycles. The highest BCUT2D eigenvalue weighted by Gasteiger charge is 2.05. The quantitative estimate of drug-likeness (QED) is 0.848. The number of thiocarbonyl (C=S) groups is 1. The maximum atomic E-state index is 13.5. The first-order chi connectivity index (χ1) is 8.56. The van der Waals surface area contributed by atoms with E-state index in [1.54, 1.807) is 18.3 Å². The fourth-order valence-corrected chi connectivity index (χ4v) is 1.68. The van der Waals surface area contributed by atoms with E-state index in [-0.39, 0.29) is 10.7 Å². The molecule has 92 valence electrons. The monoisotopic (exact) mass is 281 g/mol. The largest absolute Gasteiger partial charge is 0.389 e. The molecule has 0 spiro atoms. The maximum Gasteiger partial charge on any atom is 0.146 e. The van der Waals surface area contributed by atoms with Crippen LogP contribution in [0.3, 0.4) is 0 Å². The van der Waals surface area contributed by atoms with E-state index < -0.39 is 5.82 Å². The van der Waals surface area contributed by atoms with Gasteiger partial charge < -0.3 is 11.1 Å². The smallest absolute Gasteiger partial charge is 0.146 e. The SMILES string of the molecule is NC(=S)c1ccnc(Nc2cc(Cl)ccc2F)c1. The van der Waals surface area contributed by atoms with E-state index in [1.807, 2.05) is 0 Å². The van der Waals surface area contributed by atoms with Gasteiger partial charge in [0.2, 0.25) is 0 Å². The Bertz CT molecular complexity index is 604. The van der Waals surface area contributed by atoms with Crippen LogP contribution in [0.1, 0.15) is 5.56 Å². The zero-order chi connectivity index (χ0) is 13.1. The van der Waals surface area contributed by atoms with Crippen molar-refractivity contribution >= 4 is 40.3 Å². The summed E-state index contributed by atoms with van der Waals surface area (Å²) < 4.78 is 13.5. The first-order valence-corrected chi connectivity index (χ1v) is 5.83. The summed E-state index contributed by atoms with van der Waals surface area (Å²) >= 11 is 10.7. The lowest BCUT2D eigenvalue weighted by molar-refractivity contribution is 0.632. The van der Waals surface area contributed by atoms with Gasteiger partial charge in [0.1, 0.15) is 16.6 Å². The topological polar surface area (TPSA) is 50.9 Å². The first kappa shape index (κ1) is 12.7. The summed E-state index contributed by atoms with van der Waals surface area (Å²) in [6.07, 6.45) is 1.54. The van der Waals surface area contributed by atoms with E-state index in [9.17, 15) is 4.39 Å². The molecule has 0 aliphatic rings. The van der Waals surface area contributed by atoms with Gasteiger partial charge in [-0.3, -0.25) is 0 Å². The van der Waals surface area contributed by atoms with Gasteiger partial charge in [-0.1, -0.05) is 23.8 Å². The predicted molar refractivity (Wildman–Crippen MR) is 74.8 cm³/mol. The molecule has 18 heavy (non-hydrogen) atoms. The molecule has 0 amide bonds. The molecule has 1 heterocycles. The lowest BCUT2D eigenvalue weighted by Gasteiger charge is -2.08. The number of hydrogen-bond donors (Lipinski definition) is 2. The fraction of sp³-hybridized carbons (Fsp3) is 0. The van der Waals surface area contributed by atoms with Gasteiger partial charge in [-0.15, -0.1) is 0 Å². The fourth-order valence-electron chi connectivity index (χ4n) is 1.38. The van der Waals surface area contributed by atoms with Crippen LogP contribution in [0.2, 0.25) is 5.02 Å². The zero-order valence-corrected chi connectivity index (χ0v) is 10.7. The lowest BCUT2D eigenvalue weighted by Crippen LogP contribution is -2.10. The van der Waals surface area contributed by atoms with E-state index >= 15 is 0 Å². The van der Waals surface area contributed by atoms with Crippen molar-refractivity contribution in [1.29, 1.82) is 0 Å². The molecule has 3 N–H and O–H groups in total. The molecule has 2 aromatic rings. The van der Waals surface area contributed by atoms with Crippen molar-refractivity contribution in [1.82, 2.24) is 4.98 Å². The highest BCUT2D eigenvalue weighted by atomic mass is 35.5.